The molecule has 1 aliphatic rings. The van der Waals surface area contributed by atoms with Gasteiger partial charge >= 0.3 is 0 Å². The highest BCUT2D eigenvalue weighted by Crippen LogP contribution is 1.86. The van der Waals surface area contributed by atoms with Crippen LogP contribution in [0.1, 0.15) is 0 Å². The largest absolute Gasteiger partial charge is 0.634 e. The third kappa shape index (κ3) is 2.22. The van der Waals surface area contributed by atoms with Gasteiger partial charge in [-0.1, -0.05) is 0 Å². The smallest absolute Gasteiger partial charge is 0.0897 e. The van der Waals surface area contributed by atoms with Crippen molar-refractivity contribution in [3.05, 3.63) is 5.21 Å². The van der Waals surface area contributed by atoms with Gasteiger partial charge in [0.15, 0.2) is 0 Å². The summed E-state index contributed by atoms with van der Waals surface area (Å²) >= 11 is 0. The second-order valence-corrected chi connectivity index (χ2v) is 2.60. The molecular formula is C6H14N2O2. The predicted molar refractivity (Wildman–Crippen MR) is 37.6 cm³/mol. The Morgan fingerprint density at radius 2 is 2.00 bits per heavy atom. The van der Waals surface area contributed by atoms with Gasteiger partial charge in [-0.05, 0) is 0 Å². The third-order valence-electron chi connectivity index (χ3n) is 1.83. The van der Waals surface area contributed by atoms with Crippen LogP contribution in [-0.2, 0) is 0 Å². The third-order valence-corrected chi connectivity index (χ3v) is 1.83. The van der Waals surface area contributed by atoms with E-state index in [1.807, 2.05) is 0 Å². The number of nitrogens with zero attached hydrogens (tertiary/aromatic N) is 1. The molecule has 4 nitrogen and oxygen atoms in total. The number of quaternary nitrogens is 1. The zero-order chi connectivity index (χ0) is 7.40. The molecule has 0 aliphatic carbocycles. The van der Waals surface area contributed by atoms with Crippen LogP contribution >= 0.6 is 0 Å². The fourth-order valence-electron chi connectivity index (χ4n) is 1.17. The van der Waals surface area contributed by atoms with Gasteiger partial charge in [0.1, 0.15) is 0 Å². The molecule has 0 saturated carbocycles. The van der Waals surface area contributed by atoms with Crippen molar-refractivity contribution < 1.29 is 10.2 Å². The molecule has 0 bridgehead atoms. The molecule has 0 amide bonds. The molecule has 0 aromatic rings. The Morgan fingerprint density at radius 1 is 1.40 bits per heavy atom. The molecule has 1 saturated heterocycles. The van der Waals surface area contributed by atoms with E-state index in [9.17, 15) is 5.21 Å². The summed E-state index contributed by atoms with van der Waals surface area (Å²) in [5.74, 6) is 0. The van der Waals surface area contributed by atoms with E-state index < -0.39 is 0 Å². The van der Waals surface area contributed by atoms with E-state index in [0.717, 1.165) is 13.1 Å². The Kier molecular flexibility index (Phi) is 3.08. The lowest BCUT2D eigenvalue weighted by Crippen LogP contribution is -3.10. The van der Waals surface area contributed by atoms with E-state index in [4.69, 9.17) is 5.11 Å². The maximum absolute atomic E-state index is 10.7. The molecule has 1 aliphatic heterocycles. The molecule has 0 aromatic carbocycles. The highest BCUT2D eigenvalue weighted by atomic mass is 16.5. The summed E-state index contributed by atoms with van der Waals surface area (Å²) in [5.41, 5.74) is 0. The van der Waals surface area contributed by atoms with Gasteiger partial charge in [-0.15, -0.1) is 0 Å². The van der Waals surface area contributed by atoms with Crippen molar-refractivity contribution in [2.45, 2.75) is 0 Å². The lowest BCUT2D eigenvalue weighted by atomic mass is 10.3. The zero-order valence-electron chi connectivity index (χ0n) is 6.05. The van der Waals surface area contributed by atoms with Gasteiger partial charge in [0, 0.05) is 19.6 Å². The maximum Gasteiger partial charge on any atom is 0.0897 e. The second-order valence-electron chi connectivity index (χ2n) is 2.60. The highest BCUT2D eigenvalue weighted by molar-refractivity contribution is 4.59. The molecule has 0 radical (unpaired) electrons. The lowest BCUT2D eigenvalue weighted by Gasteiger charge is -2.33. The number of hydroxylamine groups is 2. The Labute approximate surface area is 60.6 Å². The minimum atomic E-state index is 0.203. The van der Waals surface area contributed by atoms with Crippen molar-refractivity contribution in [2.75, 3.05) is 39.3 Å². The first-order valence-electron chi connectivity index (χ1n) is 3.68. The molecule has 0 spiro atoms. The van der Waals surface area contributed by atoms with E-state index in [1.54, 1.807) is 0 Å². The normalized spacial score (nSPS) is 23.4. The molecule has 1 heterocycles. The monoisotopic (exact) mass is 146 g/mol. The Bertz CT molecular complexity index is 91.7. The van der Waals surface area contributed by atoms with Crippen LogP contribution in [0.4, 0.5) is 0 Å². The lowest BCUT2D eigenvalue weighted by molar-refractivity contribution is -0.853. The van der Waals surface area contributed by atoms with Gasteiger partial charge in [-0.25, -0.2) is 0 Å². The van der Waals surface area contributed by atoms with Gasteiger partial charge < -0.3 is 15.4 Å². The minimum Gasteiger partial charge on any atom is -0.634 e. The fraction of sp³-hybridized carbons (Fsp3) is 1.00. The molecule has 0 unspecified atom stereocenters. The topological polar surface area (TPSA) is 51.0 Å². The van der Waals surface area contributed by atoms with Crippen molar-refractivity contribution in [2.24, 2.45) is 0 Å². The van der Waals surface area contributed by atoms with E-state index in [-0.39, 0.29) is 6.61 Å². The molecular weight excluding hydrogens is 132 g/mol. The summed E-state index contributed by atoms with van der Waals surface area (Å²) < 4.78 is 0. The summed E-state index contributed by atoms with van der Waals surface area (Å²) in [4.78, 5) is 2.11. The SMILES string of the molecule is [O-][NH+]1CCN(CCO)CC1. The van der Waals surface area contributed by atoms with Crippen LogP contribution in [0.5, 0.6) is 0 Å². The average molecular weight is 146 g/mol. The molecule has 60 valence electrons. The first kappa shape index (κ1) is 7.94. The van der Waals surface area contributed by atoms with Gasteiger partial charge in [0.2, 0.25) is 0 Å². The molecule has 1 fully saturated rings. The summed E-state index contributed by atoms with van der Waals surface area (Å²) in [6, 6.07) is 0. The van der Waals surface area contributed by atoms with E-state index in [1.165, 1.54) is 0 Å². The molecule has 1 rings (SSSR count). The number of piperazine rings is 1. The van der Waals surface area contributed by atoms with Crippen LogP contribution in [-0.4, -0.2) is 49.3 Å². The summed E-state index contributed by atoms with van der Waals surface area (Å²) in [7, 11) is 0. The van der Waals surface area contributed by atoms with Crippen molar-refractivity contribution in [1.29, 1.82) is 0 Å². The average Bonchev–Trinajstić information content (AvgIpc) is 1.95. The number of rotatable bonds is 2. The highest BCUT2D eigenvalue weighted by Gasteiger charge is 2.12. The molecule has 0 atom stereocenters. The quantitative estimate of drug-likeness (QED) is 0.430. The Morgan fingerprint density at radius 3 is 2.50 bits per heavy atom. The predicted octanol–water partition coefficient (Wildman–Crippen LogP) is -2.32. The molecule has 2 N–H and O–H groups in total. The van der Waals surface area contributed by atoms with Crippen LogP contribution in [0.15, 0.2) is 0 Å². The van der Waals surface area contributed by atoms with Crippen LogP contribution in [0.25, 0.3) is 0 Å². The van der Waals surface area contributed by atoms with Crippen molar-refractivity contribution >= 4 is 0 Å². The molecule has 10 heavy (non-hydrogen) atoms. The van der Waals surface area contributed by atoms with Crippen molar-refractivity contribution in [3.8, 4) is 0 Å². The van der Waals surface area contributed by atoms with Gasteiger partial charge in [-0.3, -0.25) is 4.90 Å². The van der Waals surface area contributed by atoms with Gasteiger partial charge in [0.05, 0.1) is 19.7 Å². The Balaban J connectivity index is 2.13. The standard InChI is InChI=1S/C6H14N2O2/c9-6-5-7-1-3-8(10)4-2-7/h8-9H,1-6H2. The summed E-state index contributed by atoms with van der Waals surface area (Å²) in [6.45, 7) is 3.92. The Hall–Kier alpha value is -0.160. The van der Waals surface area contributed by atoms with Crippen LogP contribution in [0, 0.1) is 5.21 Å². The maximum atomic E-state index is 10.7. The first-order valence-corrected chi connectivity index (χ1v) is 3.68. The first-order chi connectivity index (χ1) is 4.83. The number of hydrogen-bond donors (Lipinski definition) is 2. The van der Waals surface area contributed by atoms with E-state index >= 15 is 0 Å². The number of aliphatic hydroxyl groups is 1. The van der Waals surface area contributed by atoms with Crippen LogP contribution in [0.2, 0.25) is 0 Å². The number of nitrogens with one attached hydrogen (secondary N) is 1. The van der Waals surface area contributed by atoms with Crippen molar-refractivity contribution in [3.63, 3.8) is 0 Å². The van der Waals surface area contributed by atoms with Crippen molar-refractivity contribution in [1.82, 2.24) is 4.90 Å². The number of β-amino-alcohol motifs (C(OH)–C–C–N with tert-alkyl or cyclic N) is 1. The number of aliphatic hydroxyl groups excluding tert-OH is 1. The van der Waals surface area contributed by atoms with Gasteiger partial charge in [-0.2, -0.15) is 0 Å². The fourth-order valence-corrected chi connectivity index (χ4v) is 1.17. The minimum absolute atomic E-state index is 0.203. The van der Waals surface area contributed by atoms with Crippen LogP contribution in [0.3, 0.4) is 0 Å². The van der Waals surface area contributed by atoms with Gasteiger partial charge in [0.25, 0.3) is 0 Å². The van der Waals surface area contributed by atoms with Crippen LogP contribution < -0.4 is 5.06 Å². The summed E-state index contributed by atoms with van der Waals surface area (Å²) in [6.07, 6.45) is 0. The molecule has 0 aromatic heterocycles. The van der Waals surface area contributed by atoms with E-state index in [0.29, 0.717) is 24.7 Å². The molecule has 4 heteroatoms. The number of hydrogen-bond acceptors (Lipinski definition) is 3. The van der Waals surface area contributed by atoms with E-state index in [2.05, 4.69) is 4.90 Å². The summed E-state index contributed by atoms with van der Waals surface area (Å²) in [5, 5.41) is 19.6. The zero-order valence-corrected chi connectivity index (χ0v) is 6.05. The second kappa shape index (κ2) is 3.88.